The third kappa shape index (κ3) is 4.84. The van der Waals surface area contributed by atoms with Gasteiger partial charge in [0.15, 0.2) is 0 Å². The van der Waals surface area contributed by atoms with Crippen molar-refractivity contribution in [1.29, 1.82) is 0 Å². The predicted molar refractivity (Wildman–Crippen MR) is 117 cm³/mol. The number of hydrogen-bond acceptors (Lipinski definition) is 7. The number of nitrogens with zero attached hydrogens (tertiary/aromatic N) is 4. The quantitative estimate of drug-likeness (QED) is 0.626. The predicted octanol–water partition coefficient (Wildman–Crippen LogP) is 3.24. The summed E-state index contributed by atoms with van der Waals surface area (Å²) in [6.45, 7) is 3.89. The monoisotopic (exact) mass is 421 g/mol. The van der Waals surface area contributed by atoms with E-state index >= 15 is 0 Å². The largest absolute Gasteiger partial charge is 0.497 e. The second-order valence-corrected chi connectivity index (χ2v) is 7.59. The molecule has 0 radical (unpaired) electrons. The van der Waals surface area contributed by atoms with E-state index in [2.05, 4.69) is 25.3 Å². The van der Waals surface area contributed by atoms with Gasteiger partial charge in [-0.1, -0.05) is 24.2 Å². The minimum Gasteiger partial charge on any atom is -0.497 e. The minimum atomic E-state index is -0.106. The molecule has 1 aliphatic heterocycles. The Balaban J connectivity index is 1.44. The van der Waals surface area contributed by atoms with Crippen LogP contribution in [0.25, 0.3) is 11.4 Å². The Morgan fingerprint density at radius 1 is 1.32 bits per heavy atom. The summed E-state index contributed by atoms with van der Waals surface area (Å²) in [5.41, 5.74) is 1.83. The van der Waals surface area contributed by atoms with Gasteiger partial charge in [0.25, 0.3) is 0 Å². The van der Waals surface area contributed by atoms with Crippen LogP contribution in [0.1, 0.15) is 31.2 Å². The molecule has 162 valence electrons. The summed E-state index contributed by atoms with van der Waals surface area (Å²) < 4.78 is 10.5. The molecule has 4 rings (SSSR count). The van der Waals surface area contributed by atoms with Gasteiger partial charge in [-0.3, -0.25) is 4.79 Å². The first-order valence-electron chi connectivity index (χ1n) is 10.6. The Labute approximate surface area is 181 Å². The van der Waals surface area contributed by atoms with Crippen molar-refractivity contribution in [2.45, 2.75) is 32.7 Å². The first-order valence-corrected chi connectivity index (χ1v) is 10.6. The maximum atomic E-state index is 12.9. The second-order valence-electron chi connectivity index (χ2n) is 7.59. The van der Waals surface area contributed by atoms with Crippen LogP contribution in [0.4, 0.5) is 5.82 Å². The molecular formula is C23H27N5O3. The van der Waals surface area contributed by atoms with Crippen molar-refractivity contribution in [3.8, 4) is 17.1 Å². The Morgan fingerprint density at radius 2 is 2.23 bits per heavy atom. The average molecular weight is 422 g/mol. The number of ether oxygens (including phenoxy) is 1. The van der Waals surface area contributed by atoms with Gasteiger partial charge in [0.1, 0.15) is 11.6 Å². The van der Waals surface area contributed by atoms with E-state index in [4.69, 9.17) is 9.26 Å². The fraction of sp³-hybridized carbons (Fsp3) is 0.391. The highest BCUT2D eigenvalue weighted by Crippen LogP contribution is 2.30. The van der Waals surface area contributed by atoms with E-state index in [1.807, 2.05) is 43.3 Å². The van der Waals surface area contributed by atoms with Crippen LogP contribution in [0, 0.1) is 5.92 Å². The molecule has 1 aliphatic rings. The highest BCUT2D eigenvalue weighted by molar-refractivity contribution is 5.80. The van der Waals surface area contributed by atoms with E-state index in [1.54, 1.807) is 13.3 Å². The van der Waals surface area contributed by atoms with Gasteiger partial charge in [0, 0.05) is 32.3 Å². The van der Waals surface area contributed by atoms with Crippen LogP contribution in [0.3, 0.4) is 0 Å². The van der Waals surface area contributed by atoms with Crippen LogP contribution in [0.15, 0.2) is 47.1 Å². The lowest BCUT2D eigenvalue weighted by Crippen LogP contribution is -2.43. The number of rotatable bonds is 7. The standard InChI is InChI=1S/C23H27N5O3/c1-3-20-26-21(27-31-20)19-10-5-11-24-22(19)28-12-6-8-17(15-28)23(29)25-14-16-7-4-9-18(13-16)30-2/h4-5,7,9-11,13,17H,3,6,8,12,14-15H2,1-2H3,(H,25,29)/t17-/m0/s1. The molecule has 0 bridgehead atoms. The number of carbonyl (C=O) groups is 1. The summed E-state index contributed by atoms with van der Waals surface area (Å²) in [5, 5.41) is 7.17. The molecule has 1 N–H and O–H groups in total. The van der Waals surface area contributed by atoms with E-state index in [0.717, 1.165) is 42.1 Å². The number of aromatic nitrogens is 3. The Hall–Kier alpha value is -3.42. The SMILES string of the molecule is CCc1nc(-c2cccnc2N2CCC[C@H](C(=O)NCc3cccc(OC)c3)C2)no1. The summed E-state index contributed by atoms with van der Waals surface area (Å²) in [5.74, 6) is 2.65. The normalized spacial score (nSPS) is 16.2. The highest BCUT2D eigenvalue weighted by atomic mass is 16.5. The van der Waals surface area contributed by atoms with Crippen LogP contribution in [0.5, 0.6) is 5.75 Å². The number of hydrogen-bond donors (Lipinski definition) is 1. The third-order valence-electron chi connectivity index (χ3n) is 5.49. The molecule has 1 amide bonds. The molecule has 1 fully saturated rings. The zero-order valence-electron chi connectivity index (χ0n) is 17.9. The van der Waals surface area contributed by atoms with Gasteiger partial charge >= 0.3 is 0 Å². The molecule has 0 saturated carbocycles. The summed E-state index contributed by atoms with van der Waals surface area (Å²) in [4.78, 5) is 24.1. The molecule has 8 heteroatoms. The number of methoxy groups -OCH3 is 1. The molecule has 1 atom stereocenters. The number of carbonyl (C=O) groups excluding carboxylic acids is 1. The van der Waals surface area contributed by atoms with Gasteiger partial charge in [-0.25, -0.2) is 4.98 Å². The lowest BCUT2D eigenvalue weighted by atomic mass is 9.96. The summed E-state index contributed by atoms with van der Waals surface area (Å²) in [6, 6.07) is 11.5. The number of piperidine rings is 1. The molecular weight excluding hydrogens is 394 g/mol. The molecule has 8 nitrogen and oxygen atoms in total. The fourth-order valence-corrected chi connectivity index (χ4v) is 3.83. The van der Waals surface area contributed by atoms with Gasteiger partial charge in [0.2, 0.25) is 17.6 Å². The summed E-state index contributed by atoms with van der Waals surface area (Å²) >= 11 is 0. The summed E-state index contributed by atoms with van der Waals surface area (Å²) in [7, 11) is 1.64. The van der Waals surface area contributed by atoms with E-state index in [-0.39, 0.29) is 11.8 Å². The third-order valence-corrected chi connectivity index (χ3v) is 5.49. The Morgan fingerprint density at radius 3 is 3.03 bits per heavy atom. The van der Waals surface area contributed by atoms with Gasteiger partial charge < -0.3 is 19.5 Å². The van der Waals surface area contributed by atoms with Gasteiger partial charge in [-0.05, 0) is 42.7 Å². The van der Waals surface area contributed by atoms with Crippen molar-refractivity contribution in [2.24, 2.45) is 5.92 Å². The van der Waals surface area contributed by atoms with Crippen LogP contribution in [-0.4, -0.2) is 41.2 Å². The minimum absolute atomic E-state index is 0.0535. The van der Waals surface area contributed by atoms with Crippen LogP contribution < -0.4 is 15.0 Å². The molecule has 0 aliphatic carbocycles. The first-order chi connectivity index (χ1) is 15.2. The average Bonchev–Trinajstić information content (AvgIpc) is 3.32. The second kappa shape index (κ2) is 9.59. The molecule has 1 aromatic carbocycles. The van der Waals surface area contributed by atoms with E-state index in [0.29, 0.717) is 31.2 Å². The molecule has 0 unspecified atom stereocenters. The van der Waals surface area contributed by atoms with Crippen LogP contribution in [-0.2, 0) is 17.8 Å². The van der Waals surface area contributed by atoms with E-state index < -0.39 is 0 Å². The highest BCUT2D eigenvalue weighted by Gasteiger charge is 2.28. The number of anilines is 1. The van der Waals surface area contributed by atoms with Gasteiger partial charge in [0.05, 0.1) is 18.6 Å². The van der Waals surface area contributed by atoms with Gasteiger partial charge in [-0.15, -0.1) is 0 Å². The van der Waals surface area contributed by atoms with Crippen molar-refractivity contribution >= 4 is 11.7 Å². The van der Waals surface area contributed by atoms with Crippen LogP contribution in [0.2, 0.25) is 0 Å². The van der Waals surface area contributed by atoms with Crippen molar-refractivity contribution in [3.63, 3.8) is 0 Å². The van der Waals surface area contributed by atoms with Crippen molar-refractivity contribution < 1.29 is 14.1 Å². The maximum Gasteiger partial charge on any atom is 0.226 e. The first kappa shape index (κ1) is 20.8. The smallest absolute Gasteiger partial charge is 0.226 e. The van der Waals surface area contributed by atoms with Crippen LogP contribution >= 0.6 is 0 Å². The van der Waals surface area contributed by atoms with Gasteiger partial charge in [-0.2, -0.15) is 4.98 Å². The van der Waals surface area contributed by atoms with Crippen molar-refractivity contribution in [3.05, 3.63) is 54.0 Å². The number of amides is 1. The molecule has 2 aromatic heterocycles. The molecule has 0 spiro atoms. The lowest BCUT2D eigenvalue weighted by Gasteiger charge is -2.33. The topological polar surface area (TPSA) is 93.4 Å². The Bertz CT molecular complexity index is 1040. The molecule has 3 heterocycles. The lowest BCUT2D eigenvalue weighted by molar-refractivity contribution is -0.125. The molecule has 31 heavy (non-hydrogen) atoms. The maximum absolute atomic E-state index is 12.9. The summed E-state index contributed by atoms with van der Waals surface area (Å²) in [6.07, 6.45) is 4.21. The van der Waals surface area contributed by atoms with E-state index in [9.17, 15) is 4.79 Å². The Kier molecular flexibility index (Phi) is 6.45. The van der Waals surface area contributed by atoms with Crippen molar-refractivity contribution in [2.75, 3.05) is 25.1 Å². The van der Waals surface area contributed by atoms with Crippen molar-refractivity contribution in [1.82, 2.24) is 20.4 Å². The number of nitrogens with one attached hydrogen (secondary N) is 1. The zero-order chi connectivity index (χ0) is 21.6. The fourth-order valence-electron chi connectivity index (χ4n) is 3.83. The number of benzene rings is 1. The van der Waals surface area contributed by atoms with E-state index in [1.165, 1.54) is 0 Å². The zero-order valence-corrected chi connectivity index (χ0v) is 17.9. The molecule has 3 aromatic rings. The number of aryl methyl sites for hydroxylation is 1. The number of pyridine rings is 1. The molecule has 1 saturated heterocycles.